The van der Waals surface area contributed by atoms with Crippen molar-refractivity contribution in [3.05, 3.63) is 30.5 Å². The highest BCUT2D eigenvalue weighted by molar-refractivity contribution is 7.99. The van der Waals surface area contributed by atoms with Crippen LogP contribution in [0.25, 0.3) is 10.9 Å². The van der Waals surface area contributed by atoms with E-state index in [1.165, 1.54) is 11.8 Å². The zero-order valence-electron chi connectivity index (χ0n) is 9.09. The number of carboxylic acid groups (broad SMARTS) is 1. The molecule has 0 saturated carbocycles. The number of fused-ring (bicyclic) bond motifs is 1. The number of aliphatic carboxylic acids is 1. The zero-order valence-corrected chi connectivity index (χ0v) is 9.91. The molecule has 0 spiro atoms. The van der Waals surface area contributed by atoms with Gasteiger partial charge in [0.25, 0.3) is 0 Å². The van der Waals surface area contributed by atoms with Gasteiger partial charge in [-0.3, -0.25) is 9.78 Å². The Morgan fingerprint density at radius 2 is 2.18 bits per heavy atom. The van der Waals surface area contributed by atoms with Crippen molar-refractivity contribution in [3.63, 3.8) is 0 Å². The fourth-order valence-corrected chi connectivity index (χ4v) is 2.56. The number of nitrogens with two attached hydrogens (primary N) is 1. The van der Waals surface area contributed by atoms with Crippen LogP contribution >= 0.6 is 11.8 Å². The lowest BCUT2D eigenvalue weighted by molar-refractivity contribution is -0.136. The Kier molecular flexibility index (Phi) is 3.49. The molecule has 1 heterocycles. The van der Waals surface area contributed by atoms with Crippen LogP contribution in [0.5, 0.6) is 0 Å². The van der Waals surface area contributed by atoms with Gasteiger partial charge in [-0.2, -0.15) is 0 Å². The van der Waals surface area contributed by atoms with Crippen LogP contribution in [0.3, 0.4) is 0 Å². The van der Waals surface area contributed by atoms with Crippen LogP contribution in [0.15, 0.2) is 35.4 Å². The lowest BCUT2D eigenvalue weighted by Gasteiger charge is -2.08. The van der Waals surface area contributed by atoms with Crippen LogP contribution < -0.4 is 5.73 Å². The molecule has 4 nitrogen and oxygen atoms in total. The highest BCUT2D eigenvalue weighted by atomic mass is 32.2. The van der Waals surface area contributed by atoms with Gasteiger partial charge in [0.15, 0.2) is 0 Å². The number of rotatable bonds is 4. The standard InChI is InChI=1S/C12H12N2O2S/c13-9-7-14-10-4-2-1-3-8(10)12(9)17-6-5-11(15)16/h1-4,7H,5-6,13H2,(H,15,16). The van der Waals surface area contributed by atoms with Crippen molar-refractivity contribution in [1.29, 1.82) is 0 Å². The van der Waals surface area contributed by atoms with Gasteiger partial charge in [-0.15, -0.1) is 11.8 Å². The minimum atomic E-state index is -0.797. The lowest BCUT2D eigenvalue weighted by Crippen LogP contribution is -1.97. The van der Waals surface area contributed by atoms with E-state index in [-0.39, 0.29) is 6.42 Å². The number of nitrogens with zero attached hydrogens (tertiary/aromatic N) is 1. The van der Waals surface area contributed by atoms with Gasteiger partial charge in [-0.25, -0.2) is 0 Å². The van der Waals surface area contributed by atoms with E-state index < -0.39 is 5.97 Å². The summed E-state index contributed by atoms with van der Waals surface area (Å²) in [5, 5.41) is 9.59. The molecule has 0 fully saturated rings. The number of para-hydroxylation sites is 1. The van der Waals surface area contributed by atoms with Crippen molar-refractivity contribution in [2.45, 2.75) is 11.3 Å². The average Bonchev–Trinajstić information content (AvgIpc) is 2.32. The second-order valence-corrected chi connectivity index (χ2v) is 4.66. The molecule has 2 rings (SSSR count). The van der Waals surface area contributed by atoms with Crippen LogP contribution in [0, 0.1) is 0 Å². The van der Waals surface area contributed by atoms with Crippen LogP contribution in [-0.4, -0.2) is 21.8 Å². The van der Waals surface area contributed by atoms with Crippen LogP contribution in [0.2, 0.25) is 0 Å². The first kappa shape index (κ1) is 11.7. The molecule has 0 bridgehead atoms. The maximum atomic E-state index is 10.5. The summed E-state index contributed by atoms with van der Waals surface area (Å²) in [5.74, 6) is -0.289. The third-order valence-electron chi connectivity index (χ3n) is 2.32. The molecule has 0 aliphatic heterocycles. The number of benzene rings is 1. The largest absolute Gasteiger partial charge is 0.481 e. The van der Waals surface area contributed by atoms with Crippen molar-refractivity contribution in [2.75, 3.05) is 11.5 Å². The Morgan fingerprint density at radius 1 is 1.41 bits per heavy atom. The van der Waals surface area contributed by atoms with Gasteiger partial charge in [-0.1, -0.05) is 18.2 Å². The SMILES string of the molecule is Nc1cnc2ccccc2c1SCCC(=O)O. The van der Waals surface area contributed by atoms with E-state index in [1.807, 2.05) is 24.3 Å². The number of nitrogen functional groups attached to an aromatic ring is 1. The van der Waals surface area contributed by atoms with E-state index >= 15 is 0 Å². The summed E-state index contributed by atoms with van der Waals surface area (Å²) in [6.45, 7) is 0. The van der Waals surface area contributed by atoms with Crippen molar-refractivity contribution in [1.82, 2.24) is 4.98 Å². The number of carboxylic acids is 1. The maximum absolute atomic E-state index is 10.5. The van der Waals surface area contributed by atoms with Gasteiger partial charge in [0.2, 0.25) is 0 Å². The summed E-state index contributed by atoms with van der Waals surface area (Å²) in [6, 6.07) is 7.69. The molecule has 0 saturated heterocycles. The summed E-state index contributed by atoms with van der Waals surface area (Å²) in [4.78, 5) is 15.6. The monoisotopic (exact) mass is 248 g/mol. The van der Waals surface area contributed by atoms with Gasteiger partial charge in [0, 0.05) is 16.0 Å². The molecular formula is C12H12N2O2S. The number of pyridine rings is 1. The summed E-state index contributed by atoms with van der Waals surface area (Å²) < 4.78 is 0. The summed E-state index contributed by atoms with van der Waals surface area (Å²) >= 11 is 1.46. The quantitative estimate of drug-likeness (QED) is 0.812. The normalized spacial score (nSPS) is 10.6. The number of hydrogen-bond donors (Lipinski definition) is 2. The summed E-state index contributed by atoms with van der Waals surface area (Å²) in [5.41, 5.74) is 7.34. The Labute approximate surface area is 103 Å². The van der Waals surface area contributed by atoms with E-state index in [9.17, 15) is 4.79 Å². The summed E-state index contributed by atoms with van der Waals surface area (Å²) in [7, 11) is 0. The summed E-state index contributed by atoms with van der Waals surface area (Å²) in [6.07, 6.45) is 1.74. The minimum Gasteiger partial charge on any atom is -0.481 e. The number of hydrogen-bond acceptors (Lipinski definition) is 4. The van der Waals surface area contributed by atoms with Gasteiger partial charge in [-0.05, 0) is 6.07 Å². The first-order valence-corrected chi connectivity index (χ1v) is 6.15. The topological polar surface area (TPSA) is 76.2 Å². The number of carbonyl (C=O) groups is 1. The molecule has 2 aromatic rings. The van der Waals surface area contributed by atoms with Gasteiger partial charge >= 0.3 is 5.97 Å². The molecule has 1 aromatic carbocycles. The zero-order chi connectivity index (χ0) is 12.3. The van der Waals surface area contributed by atoms with Crippen LogP contribution in [0.1, 0.15) is 6.42 Å². The lowest BCUT2D eigenvalue weighted by atomic mass is 10.2. The Bertz CT molecular complexity index is 557. The van der Waals surface area contributed by atoms with Crippen molar-refractivity contribution in [3.8, 4) is 0 Å². The van der Waals surface area contributed by atoms with E-state index in [1.54, 1.807) is 6.20 Å². The van der Waals surface area contributed by atoms with Crippen molar-refractivity contribution < 1.29 is 9.90 Å². The van der Waals surface area contributed by atoms with E-state index in [2.05, 4.69) is 4.98 Å². The van der Waals surface area contributed by atoms with Crippen molar-refractivity contribution >= 4 is 34.3 Å². The second-order valence-electron chi connectivity index (χ2n) is 3.55. The molecule has 0 unspecified atom stereocenters. The second kappa shape index (κ2) is 5.05. The first-order valence-electron chi connectivity index (χ1n) is 5.16. The fourth-order valence-electron chi connectivity index (χ4n) is 1.53. The molecule has 17 heavy (non-hydrogen) atoms. The van der Waals surface area contributed by atoms with Gasteiger partial charge in [0.05, 0.1) is 23.8 Å². The predicted octanol–water partition coefficient (Wildman–Crippen LogP) is 2.38. The molecule has 0 radical (unpaired) electrons. The van der Waals surface area contributed by atoms with Crippen LogP contribution in [-0.2, 0) is 4.79 Å². The van der Waals surface area contributed by atoms with Crippen LogP contribution in [0.4, 0.5) is 5.69 Å². The third kappa shape index (κ3) is 2.68. The smallest absolute Gasteiger partial charge is 0.304 e. The number of thioether (sulfide) groups is 1. The molecule has 0 aliphatic rings. The van der Waals surface area contributed by atoms with E-state index in [4.69, 9.17) is 10.8 Å². The highest BCUT2D eigenvalue weighted by Gasteiger charge is 2.07. The molecule has 88 valence electrons. The van der Waals surface area contributed by atoms with E-state index in [0.717, 1.165) is 15.8 Å². The van der Waals surface area contributed by atoms with Gasteiger partial charge < -0.3 is 10.8 Å². The molecule has 3 N–H and O–H groups in total. The van der Waals surface area contributed by atoms with E-state index in [0.29, 0.717) is 11.4 Å². The molecule has 0 amide bonds. The first-order chi connectivity index (χ1) is 8.18. The minimum absolute atomic E-state index is 0.126. The Balaban J connectivity index is 2.31. The fraction of sp³-hybridized carbons (Fsp3) is 0.167. The molecule has 1 aromatic heterocycles. The molecular weight excluding hydrogens is 236 g/mol. The molecule has 5 heteroatoms. The molecule has 0 aliphatic carbocycles. The average molecular weight is 248 g/mol. The third-order valence-corrected chi connectivity index (χ3v) is 3.47. The highest BCUT2D eigenvalue weighted by Crippen LogP contribution is 2.32. The Hall–Kier alpha value is -1.75. The number of aromatic nitrogens is 1. The molecule has 0 atom stereocenters. The Morgan fingerprint density at radius 3 is 2.94 bits per heavy atom. The van der Waals surface area contributed by atoms with Crippen molar-refractivity contribution in [2.24, 2.45) is 0 Å². The van der Waals surface area contributed by atoms with Gasteiger partial charge in [0.1, 0.15) is 0 Å². The predicted molar refractivity (Wildman–Crippen MR) is 69.1 cm³/mol. The maximum Gasteiger partial charge on any atom is 0.304 e. The number of anilines is 1.